The molecule has 104 valence electrons. The van der Waals surface area contributed by atoms with Gasteiger partial charge in [-0.1, -0.05) is 6.92 Å². The number of aromatic amines is 1. The van der Waals surface area contributed by atoms with E-state index < -0.39 is 0 Å². The number of nitrogens with one attached hydrogen (secondary N) is 1. The van der Waals surface area contributed by atoms with Crippen molar-refractivity contribution in [3.05, 3.63) is 24.0 Å². The van der Waals surface area contributed by atoms with Crippen LogP contribution >= 0.6 is 0 Å². The van der Waals surface area contributed by atoms with Crippen molar-refractivity contribution in [1.82, 2.24) is 24.7 Å². The van der Waals surface area contributed by atoms with Crippen molar-refractivity contribution in [2.75, 3.05) is 19.0 Å². The summed E-state index contributed by atoms with van der Waals surface area (Å²) in [7, 11) is 5.86. The van der Waals surface area contributed by atoms with Gasteiger partial charge in [-0.2, -0.15) is 5.10 Å². The van der Waals surface area contributed by atoms with E-state index in [9.17, 15) is 0 Å². The zero-order valence-corrected chi connectivity index (χ0v) is 12.2. The second-order valence-corrected chi connectivity index (χ2v) is 5.04. The van der Waals surface area contributed by atoms with Crippen LogP contribution in [0, 0.1) is 0 Å². The molecule has 20 heavy (non-hydrogen) atoms. The number of pyridine rings is 1. The molecule has 0 aromatic carbocycles. The maximum Gasteiger partial charge on any atom is 0.180 e. The quantitative estimate of drug-likeness (QED) is 0.790. The van der Waals surface area contributed by atoms with Gasteiger partial charge in [-0.3, -0.25) is 4.68 Å². The van der Waals surface area contributed by atoms with Gasteiger partial charge in [-0.15, -0.1) is 0 Å². The Labute approximate surface area is 117 Å². The lowest BCUT2D eigenvalue weighted by Gasteiger charge is -2.09. The third-order valence-corrected chi connectivity index (χ3v) is 3.28. The molecule has 0 amide bonds. The largest absolute Gasteiger partial charge is 0.363 e. The predicted octanol–water partition coefficient (Wildman–Crippen LogP) is 1.99. The van der Waals surface area contributed by atoms with Gasteiger partial charge < -0.3 is 9.88 Å². The first-order valence-electron chi connectivity index (χ1n) is 6.65. The van der Waals surface area contributed by atoms with E-state index in [4.69, 9.17) is 0 Å². The molecule has 3 aromatic rings. The summed E-state index contributed by atoms with van der Waals surface area (Å²) >= 11 is 0. The Hall–Kier alpha value is -2.37. The van der Waals surface area contributed by atoms with E-state index >= 15 is 0 Å². The standard InChI is InChI=1S/C14H18N6/c1-5-10-9(8-20(4)18-10)13-15-11-6-7-12(19(2)3)16-14(11)17-13/h6-8H,5H2,1-4H3,(H,15,16,17). The summed E-state index contributed by atoms with van der Waals surface area (Å²) in [4.78, 5) is 14.4. The minimum absolute atomic E-state index is 0.733. The highest BCUT2D eigenvalue weighted by Crippen LogP contribution is 2.23. The van der Waals surface area contributed by atoms with Crippen LogP contribution < -0.4 is 4.90 Å². The first kappa shape index (κ1) is 12.7. The van der Waals surface area contributed by atoms with Crippen LogP contribution in [0.4, 0.5) is 5.82 Å². The van der Waals surface area contributed by atoms with E-state index in [1.165, 1.54) is 0 Å². The molecule has 0 aliphatic rings. The van der Waals surface area contributed by atoms with Crippen LogP contribution in [-0.4, -0.2) is 38.8 Å². The number of hydrogen-bond acceptors (Lipinski definition) is 4. The molecule has 0 spiro atoms. The van der Waals surface area contributed by atoms with Gasteiger partial charge in [0.1, 0.15) is 11.6 Å². The third kappa shape index (κ3) is 2.03. The fourth-order valence-corrected chi connectivity index (χ4v) is 2.25. The molecule has 0 aliphatic heterocycles. The first-order chi connectivity index (χ1) is 9.58. The van der Waals surface area contributed by atoms with E-state index in [1.54, 1.807) is 0 Å². The molecule has 0 fully saturated rings. The summed E-state index contributed by atoms with van der Waals surface area (Å²) in [5.74, 6) is 1.73. The lowest BCUT2D eigenvalue weighted by atomic mass is 10.2. The van der Waals surface area contributed by atoms with Gasteiger partial charge in [0.15, 0.2) is 5.65 Å². The number of nitrogens with zero attached hydrogens (tertiary/aromatic N) is 5. The number of H-pyrrole nitrogens is 1. The Morgan fingerprint density at radius 1 is 1.25 bits per heavy atom. The summed E-state index contributed by atoms with van der Waals surface area (Å²) in [6, 6.07) is 3.99. The Morgan fingerprint density at radius 3 is 2.75 bits per heavy atom. The molecule has 0 unspecified atom stereocenters. The van der Waals surface area contributed by atoms with E-state index in [0.29, 0.717) is 0 Å². The lowest BCUT2D eigenvalue weighted by Crippen LogP contribution is -2.10. The molecule has 3 rings (SSSR count). The number of aryl methyl sites for hydroxylation is 2. The van der Waals surface area contributed by atoms with Gasteiger partial charge >= 0.3 is 0 Å². The summed E-state index contributed by atoms with van der Waals surface area (Å²) in [5, 5.41) is 4.45. The van der Waals surface area contributed by atoms with Crippen LogP contribution in [0.3, 0.4) is 0 Å². The van der Waals surface area contributed by atoms with Gasteiger partial charge in [0.05, 0.1) is 16.8 Å². The number of imidazole rings is 1. The maximum absolute atomic E-state index is 4.60. The SMILES string of the molecule is CCc1nn(C)cc1-c1nc2nc(N(C)C)ccc2[nH]1. The molecule has 0 saturated heterocycles. The maximum atomic E-state index is 4.60. The van der Waals surface area contributed by atoms with Crippen molar-refractivity contribution in [2.45, 2.75) is 13.3 Å². The molecular formula is C14H18N6. The second kappa shape index (κ2) is 4.63. The zero-order chi connectivity index (χ0) is 14.3. The molecule has 0 bridgehead atoms. The highest BCUT2D eigenvalue weighted by Gasteiger charge is 2.13. The van der Waals surface area contributed by atoms with Crippen molar-refractivity contribution >= 4 is 17.0 Å². The van der Waals surface area contributed by atoms with E-state index in [2.05, 4.69) is 27.0 Å². The van der Waals surface area contributed by atoms with Gasteiger partial charge in [0.25, 0.3) is 0 Å². The Balaban J connectivity index is 2.12. The van der Waals surface area contributed by atoms with Crippen LogP contribution in [0.25, 0.3) is 22.6 Å². The average Bonchev–Trinajstić information content (AvgIpc) is 3.00. The van der Waals surface area contributed by atoms with E-state index in [1.807, 2.05) is 49.1 Å². The third-order valence-electron chi connectivity index (χ3n) is 3.28. The summed E-state index contributed by atoms with van der Waals surface area (Å²) in [6.45, 7) is 2.09. The Morgan fingerprint density at radius 2 is 2.05 bits per heavy atom. The van der Waals surface area contributed by atoms with Crippen molar-refractivity contribution in [1.29, 1.82) is 0 Å². The molecule has 0 saturated carbocycles. The van der Waals surface area contributed by atoms with Crippen molar-refractivity contribution in [3.63, 3.8) is 0 Å². The zero-order valence-electron chi connectivity index (χ0n) is 12.2. The van der Waals surface area contributed by atoms with Crippen molar-refractivity contribution < 1.29 is 0 Å². The Bertz CT molecular complexity index is 752. The molecule has 1 N–H and O–H groups in total. The monoisotopic (exact) mass is 270 g/mol. The van der Waals surface area contributed by atoms with E-state index in [0.717, 1.165) is 40.5 Å². The predicted molar refractivity (Wildman–Crippen MR) is 79.8 cm³/mol. The molecule has 6 nitrogen and oxygen atoms in total. The lowest BCUT2D eigenvalue weighted by molar-refractivity contribution is 0.746. The van der Waals surface area contributed by atoms with E-state index in [-0.39, 0.29) is 0 Å². The first-order valence-corrected chi connectivity index (χ1v) is 6.65. The van der Waals surface area contributed by atoms with Gasteiger partial charge in [0, 0.05) is 27.3 Å². The fourth-order valence-electron chi connectivity index (χ4n) is 2.25. The summed E-state index contributed by atoms with van der Waals surface area (Å²) in [5.41, 5.74) is 3.76. The number of fused-ring (bicyclic) bond motifs is 1. The van der Waals surface area contributed by atoms with Crippen LogP contribution in [-0.2, 0) is 13.5 Å². The summed E-state index contributed by atoms with van der Waals surface area (Å²) < 4.78 is 1.82. The minimum atomic E-state index is 0.733. The van der Waals surface area contributed by atoms with Crippen LogP contribution in [0.15, 0.2) is 18.3 Å². The molecule has 0 atom stereocenters. The fraction of sp³-hybridized carbons (Fsp3) is 0.357. The normalized spacial score (nSPS) is 11.2. The smallest absolute Gasteiger partial charge is 0.180 e. The van der Waals surface area contributed by atoms with Gasteiger partial charge in [-0.25, -0.2) is 9.97 Å². The van der Waals surface area contributed by atoms with Gasteiger partial charge in [-0.05, 0) is 18.6 Å². The van der Waals surface area contributed by atoms with Crippen LogP contribution in [0.1, 0.15) is 12.6 Å². The highest BCUT2D eigenvalue weighted by molar-refractivity contribution is 5.78. The average molecular weight is 270 g/mol. The van der Waals surface area contributed by atoms with Crippen molar-refractivity contribution in [3.8, 4) is 11.4 Å². The molecular weight excluding hydrogens is 252 g/mol. The molecule has 3 aromatic heterocycles. The minimum Gasteiger partial charge on any atom is -0.363 e. The van der Waals surface area contributed by atoms with Crippen LogP contribution in [0.2, 0.25) is 0 Å². The molecule has 3 heterocycles. The summed E-state index contributed by atoms with van der Waals surface area (Å²) in [6.07, 6.45) is 2.87. The topological polar surface area (TPSA) is 62.6 Å². The number of rotatable bonds is 3. The number of anilines is 1. The molecule has 0 aliphatic carbocycles. The highest BCUT2D eigenvalue weighted by atomic mass is 15.3. The number of aromatic nitrogens is 5. The number of hydrogen-bond donors (Lipinski definition) is 1. The second-order valence-electron chi connectivity index (χ2n) is 5.04. The molecule has 6 heteroatoms. The van der Waals surface area contributed by atoms with Gasteiger partial charge in [0.2, 0.25) is 0 Å². The van der Waals surface area contributed by atoms with Crippen molar-refractivity contribution in [2.24, 2.45) is 7.05 Å². The molecule has 0 radical (unpaired) electrons. The van der Waals surface area contributed by atoms with Crippen LogP contribution in [0.5, 0.6) is 0 Å². The Kier molecular flexibility index (Phi) is 2.93.